The zero-order valence-corrected chi connectivity index (χ0v) is 46.1. The van der Waals surface area contributed by atoms with Gasteiger partial charge in [0.1, 0.15) is 25.3 Å². The van der Waals surface area contributed by atoms with Crippen molar-refractivity contribution < 1.29 is 67.5 Å². The Morgan fingerprint density at radius 2 is 1.10 bits per heavy atom. The molecule has 0 fully saturated rings. The Hall–Kier alpha value is -4.94. The molecule has 0 bridgehead atoms. The molecule has 0 aromatic heterocycles. The van der Waals surface area contributed by atoms with Crippen molar-refractivity contribution >= 4 is 47.1 Å². The van der Waals surface area contributed by atoms with Crippen LogP contribution in [-0.4, -0.2) is 173 Å². The maximum atomic E-state index is 13.3. The number of primary amides is 1. The first-order chi connectivity index (χ1) is 37.1. The Kier molecular flexibility index (Phi) is 41.9. The number of Topliss-reactive ketones (excluding diaryl/α,β-unsaturated/α-hetero) is 2. The number of benzene rings is 1. The molecule has 1 rings (SSSR count). The number of ketones is 2. The van der Waals surface area contributed by atoms with Gasteiger partial charge in [0, 0.05) is 39.5 Å². The fraction of sp³-hybridized carbons (Fsp3) is 0.727. The first-order valence-electron chi connectivity index (χ1n) is 27.7. The van der Waals surface area contributed by atoms with E-state index in [0.717, 1.165) is 24.8 Å². The van der Waals surface area contributed by atoms with Gasteiger partial charge < -0.3 is 61.5 Å². The van der Waals surface area contributed by atoms with Crippen LogP contribution in [-0.2, 0) is 63.7 Å². The molecule has 11 N–H and O–H groups in total. The highest BCUT2D eigenvalue weighted by Gasteiger charge is 2.32. The molecular weight excluding hydrogens is 997 g/mol. The summed E-state index contributed by atoms with van der Waals surface area (Å²) in [5, 5.41) is 37.8. The molecule has 0 saturated heterocycles. The molecule has 4 atom stereocenters. The van der Waals surface area contributed by atoms with Gasteiger partial charge in [-0.25, -0.2) is 4.79 Å². The highest BCUT2D eigenvalue weighted by atomic mass is 16.5. The SMILES string of the molecule is [CH]N[C@@](C)(Cc1ccccc1)C(=O)CN[C@@H](CCCCNC(=O)COCCOCCNC(=O)COCCOCCNC(=O)CCC(NC(=O)CCCCCCCCCCCCCCC)C(=O)O)C(=O)CN[C@@H](CO)C(N)=O. The quantitative estimate of drug-likeness (QED) is 0.0330. The standard InChI is InChI=1S/C55H94N8O14/c1-4-5-6-7-8-9-10-11-12-13-14-15-19-25-50(68)63-45(54(72)73)26-27-49(67)59-29-31-74-33-36-77-42-52(70)60-30-32-75-34-35-76-41-51(69)58-28-21-20-24-44(47(65)38-61-46(40-64)53(56)71)62-39-48(66)55(2,57-3)37-43-22-17-16-18-23-43/h3,16-18,22-23,44-46,57,61-62,64H,4-15,19-21,24-42H2,1-2H3,(H2,56,71)(H,58,69)(H,59,67)(H,60,70)(H,63,68)(H,72,73)/t44-,45?,46-,55-/m0/s1. The van der Waals surface area contributed by atoms with Crippen molar-refractivity contribution in [2.24, 2.45) is 5.73 Å². The summed E-state index contributed by atoms with van der Waals surface area (Å²) in [6, 6.07) is 6.30. The summed E-state index contributed by atoms with van der Waals surface area (Å²) in [4.78, 5) is 98.7. The van der Waals surface area contributed by atoms with E-state index in [1.165, 1.54) is 57.8 Å². The van der Waals surface area contributed by atoms with Crippen LogP contribution in [0.3, 0.4) is 0 Å². The summed E-state index contributed by atoms with van der Waals surface area (Å²) in [5.74, 6) is -3.99. The minimum atomic E-state index is -1.18. The molecule has 0 saturated carbocycles. The average Bonchev–Trinajstić information content (AvgIpc) is 3.41. The van der Waals surface area contributed by atoms with Gasteiger partial charge in [0.2, 0.25) is 29.5 Å². The molecule has 1 aromatic rings. The molecule has 2 radical (unpaired) electrons. The van der Waals surface area contributed by atoms with Crippen LogP contribution in [0.1, 0.15) is 141 Å². The van der Waals surface area contributed by atoms with Gasteiger partial charge in [-0.15, -0.1) is 0 Å². The zero-order chi connectivity index (χ0) is 56.8. The van der Waals surface area contributed by atoms with Gasteiger partial charge in [0.15, 0.2) is 11.6 Å². The van der Waals surface area contributed by atoms with Crippen LogP contribution in [0.15, 0.2) is 30.3 Å². The Balaban J connectivity index is 2.12. The van der Waals surface area contributed by atoms with Gasteiger partial charge in [0.05, 0.1) is 70.9 Å². The predicted octanol–water partition coefficient (Wildman–Crippen LogP) is 2.19. The molecular formula is C55H94N8O14. The Labute approximate surface area is 457 Å². The Morgan fingerprint density at radius 1 is 0.584 bits per heavy atom. The lowest BCUT2D eigenvalue weighted by atomic mass is 9.88. The molecule has 1 unspecified atom stereocenters. The van der Waals surface area contributed by atoms with Crippen molar-refractivity contribution in [3.05, 3.63) is 42.9 Å². The van der Waals surface area contributed by atoms with Gasteiger partial charge in [-0.1, -0.05) is 114 Å². The number of carboxylic acid groups (broad SMARTS) is 1. The molecule has 0 spiro atoms. The van der Waals surface area contributed by atoms with Gasteiger partial charge in [0.25, 0.3) is 0 Å². The molecule has 0 aliphatic heterocycles. The second-order valence-electron chi connectivity index (χ2n) is 19.3. The molecule has 0 aliphatic rings. The van der Waals surface area contributed by atoms with E-state index < -0.39 is 42.1 Å². The second-order valence-corrected chi connectivity index (χ2v) is 19.3. The molecule has 0 heterocycles. The number of aliphatic carboxylic acids is 1. The summed E-state index contributed by atoms with van der Waals surface area (Å²) in [6.07, 6.45) is 17.3. The fourth-order valence-electron chi connectivity index (χ4n) is 7.91. The number of carbonyl (C=O) groups excluding carboxylic acids is 7. The van der Waals surface area contributed by atoms with Crippen LogP contribution in [0.25, 0.3) is 0 Å². The summed E-state index contributed by atoms with van der Waals surface area (Å²) < 4.78 is 21.5. The van der Waals surface area contributed by atoms with Gasteiger partial charge in [-0.3, -0.25) is 44.2 Å². The monoisotopic (exact) mass is 1090 g/mol. The van der Waals surface area contributed by atoms with Crippen molar-refractivity contribution in [1.29, 1.82) is 0 Å². The topological polar surface area (TPSA) is 324 Å². The molecule has 0 aliphatic carbocycles. The molecule has 5 amide bonds. The lowest BCUT2D eigenvalue weighted by Gasteiger charge is -2.29. The maximum Gasteiger partial charge on any atom is 0.326 e. The van der Waals surface area contributed by atoms with E-state index in [9.17, 15) is 48.6 Å². The van der Waals surface area contributed by atoms with E-state index in [4.69, 9.17) is 31.7 Å². The first-order valence-corrected chi connectivity index (χ1v) is 27.7. The number of carboxylic acids is 1. The van der Waals surface area contributed by atoms with Crippen LogP contribution < -0.4 is 43.0 Å². The number of ether oxygens (including phenoxy) is 4. The highest BCUT2D eigenvalue weighted by molar-refractivity contribution is 5.92. The Morgan fingerprint density at radius 3 is 1.64 bits per heavy atom. The molecule has 438 valence electrons. The number of hydrogen-bond donors (Lipinski definition) is 10. The van der Waals surface area contributed by atoms with Crippen molar-refractivity contribution in [1.82, 2.24) is 37.2 Å². The summed E-state index contributed by atoms with van der Waals surface area (Å²) in [5.41, 5.74) is 5.05. The first kappa shape index (κ1) is 70.1. The number of rotatable bonds is 53. The summed E-state index contributed by atoms with van der Waals surface area (Å²) in [6.45, 7) is 4.21. The molecule has 22 heteroatoms. The fourth-order valence-corrected chi connectivity index (χ4v) is 7.91. The third-order valence-electron chi connectivity index (χ3n) is 12.7. The molecule has 22 nitrogen and oxygen atoms in total. The number of aliphatic hydroxyl groups is 1. The Bertz CT molecular complexity index is 1800. The molecule has 1 aromatic carbocycles. The minimum Gasteiger partial charge on any atom is -0.480 e. The number of nitrogens with two attached hydrogens (primary N) is 1. The lowest BCUT2D eigenvalue weighted by molar-refractivity contribution is -0.142. The van der Waals surface area contributed by atoms with E-state index in [-0.39, 0.29) is 133 Å². The highest BCUT2D eigenvalue weighted by Crippen LogP contribution is 2.16. The zero-order valence-electron chi connectivity index (χ0n) is 46.1. The lowest BCUT2D eigenvalue weighted by Crippen LogP contribution is -2.54. The van der Waals surface area contributed by atoms with Crippen molar-refractivity contribution in [3.8, 4) is 0 Å². The third kappa shape index (κ3) is 37.5. The van der Waals surface area contributed by atoms with Gasteiger partial charge in [-0.2, -0.15) is 0 Å². The normalized spacial score (nSPS) is 13.2. The van der Waals surface area contributed by atoms with E-state index in [0.29, 0.717) is 38.6 Å². The van der Waals surface area contributed by atoms with Gasteiger partial charge in [-0.05, 0) is 51.0 Å². The van der Waals surface area contributed by atoms with Crippen molar-refractivity contribution in [3.63, 3.8) is 0 Å². The summed E-state index contributed by atoms with van der Waals surface area (Å²) in [7, 11) is 5.79. The second kappa shape index (κ2) is 46.0. The number of carbonyl (C=O) groups is 8. The predicted molar refractivity (Wildman–Crippen MR) is 291 cm³/mol. The van der Waals surface area contributed by atoms with Crippen LogP contribution in [0.2, 0.25) is 0 Å². The van der Waals surface area contributed by atoms with Gasteiger partial charge >= 0.3 is 5.97 Å². The third-order valence-corrected chi connectivity index (χ3v) is 12.7. The summed E-state index contributed by atoms with van der Waals surface area (Å²) >= 11 is 0. The van der Waals surface area contributed by atoms with Crippen molar-refractivity contribution in [2.75, 3.05) is 92.2 Å². The average molecular weight is 1090 g/mol. The number of amides is 5. The van der Waals surface area contributed by atoms with Crippen molar-refractivity contribution in [2.45, 2.75) is 166 Å². The van der Waals surface area contributed by atoms with E-state index in [1.807, 2.05) is 30.3 Å². The van der Waals surface area contributed by atoms with Crippen LogP contribution >= 0.6 is 0 Å². The molecule has 77 heavy (non-hydrogen) atoms. The van der Waals surface area contributed by atoms with Crippen LogP contribution in [0.5, 0.6) is 0 Å². The minimum absolute atomic E-state index is 0.0291. The number of nitrogens with one attached hydrogen (secondary N) is 7. The number of hydrogen-bond acceptors (Lipinski definition) is 16. The van der Waals surface area contributed by atoms with Crippen LogP contribution in [0.4, 0.5) is 0 Å². The van der Waals surface area contributed by atoms with E-state index in [1.54, 1.807) is 6.92 Å². The largest absolute Gasteiger partial charge is 0.480 e. The number of unbranched alkanes of at least 4 members (excludes halogenated alkanes) is 13. The number of aliphatic hydroxyl groups excluding tert-OH is 1. The van der Waals surface area contributed by atoms with E-state index >= 15 is 0 Å². The smallest absolute Gasteiger partial charge is 0.326 e. The maximum absolute atomic E-state index is 13.3. The van der Waals surface area contributed by atoms with E-state index in [2.05, 4.69) is 44.1 Å². The van der Waals surface area contributed by atoms with Crippen LogP contribution in [0, 0.1) is 7.05 Å².